The van der Waals surface area contributed by atoms with E-state index in [1.165, 1.54) is 17.1 Å². The molecular formula is C15H16O2S. The second kappa shape index (κ2) is 5.91. The maximum atomic E-state index is 11.1. The zero-order chi connectivity index (χ0) is 13.0. The molecule has 0 fully saturated rings. The van der Waals surface area contributed by atoms with E-state index in [-0.39, 0.29) is 5.25 Å². The number of carboxylic acids is 1. The monoisotopic (exact) mass is 260 g/mol. The smallest absolute Gasteiger partial charge is 0.316 e. The third-order valence-electron chi connectivity index (χ3n) is 2.83. The summed E-state index contributed by atoms with van der Waals surface area (Å²) in [7, 11) is 0. The number of benzene rings is 2. The summed E-state index contributed by atoms with van der Waals surface area (Å²) in [5, 5.41) is 11.1. The molecule has 0 aliphatic heterocycles. The summed E-state index contributed by atoms with van der Waals surface area (Å²) in [4.78, 5) is 12.2. The minimum atomic E-state index is -0.727. The molecule has 94 valence electrons. The number of hydrogen-bond donors (Lipinski definition) is 1. The molecule has 0 spiro atoms. The first kappa shape index (κ1) is 13.0. The molecule has 1 unspecified atom stereocenters. The van der Waals surface area contributed by atoms with Crippen LogP contribution in [0.4, 0.5) is 0 Å². The zero-order valence-electron chi connectivity index (χ0n) is 10.3. The Kier molecular flexibility index (Phi) is 4.26. The summed E-state index contributed by atoms with van der Waals surface area (Å²) in [5.41, 5.74) is 0. The Hall–Kier alpha value is -1.48. The van der Waals surface area contributed by atoms with Gasteiger partial charge in [-0.2, -0.15) is 0 Å². The lowest BCUT2D eigenvalue weighted by Crippen LogP contribution is -2.15. The van der Waals surface area contributed by atoms with Crippen LogP contribution < -0.4 is 0 Å². The van der Waals surface area contributed by atoms with Crippen molar-refractivity contribution in [2.45, 2.75) is 29.9 Å². The average molecular weight is 260 g/mol. The van der Waals surface area contributed by atoms with Gasteiger partial charge in [-0.25, -0.2) is 0 Å². The summed E-state index contributed by atoms with van der Waals surface area (Å²) in [6.07, 6.45) is 1.59. The van der Waals surface area contributed by atoms with Gasteiger partial charge in [-0.3, -0.25) is 4.79 Å². The molecule has 2 nitrogen and oxygen atoms in total. The zero-order valence-corrected chi connectivity index (χ0v) is 11.1. The van der Waals surface area contributed by atoms with E-state index in [9.17, 15) is 4.79 Å². The fourth-order valence-electron chi connectivity index (χ4n) is 1.90. The standard InChI is InChI=1S/C15H16O2S/c1-2-5-14(15(16)17)18-13-9-8-11-6-3-4-7-12(11)10-13/h3-4,6-10,14H,2,5H2,1H3,(H,16,17). The first-order valence-corrected chi connectivity index (χ1v) is 6.97. The van der Waals surface area contributed by atoms with Crippen molar-refractivity contribution in [1.82, 2.24) is 0 Å². The van der Waals surface area contributed by atoms with E-state index >= 15 is 0 Å². The molecule has 0 radical (unpaired) electrons. The fraction of sp³-hybridized carbons (Fsp3) is 0.267. The van der Waals surface area contributed by atoms with Gasteiger partial charge in [0.2, 0.25) is 0 Å². The number of carboxylic acid groups (broad SMARTS) is 1. The van der Waals surface area contributed by atoms with Crippen molar-refractivity contribution in [1.29, 1.82) is 0 Å². The fourth-order valence-corrected chi connectivity index (χ4v) is 3.02. The van der Waals surface area contributed by atoms with Crippen LogP contribution in [0.1, 0.15) is 19.8 Å². The van der Waals surface area contributed by atoms with Gasteiger partial charge < -0.3 is 5.11 Å². The van der Waals surface area contributed by atoms with Crippen molar-refractivity contribution in [2.24, 2.45) is 0 Å². The summed E-state index contributed by atoms with van der Waals surface area (Å²) in [6.45, 7) is 2.01. The minimum Gasteiger partial charge on any atom is -0.480 e. The SMILES string of the molecule is CCCC(Sc1ccc2ccccc2c1)C(=O)O. The number of carbonyl (C=O) groups is 1. The molecule has 2 rings (SSSR count). The van der Waals surface area contributed by atoms with Gasteiger partial charge in [0.15, 0.2) is 0 Å². The van der Waals surface area contributed by atoms with Gasteiger partial charge >= 0.3 is 5.97 Å². The Morgan fingerprint density at radius 1 is 1.22 bits per heavy atom. The minimum absolute atomic E-state index is 0.351. The predicted octanol–water partition coefficient (Wildman–Crippen LogP) is 4.19. The second-order valence-electron chi connectivity index (χ2n) is 4.24. The Bertz CT molecular complexity index is 551. The maximum absolute atomic E-state index is 11.1. The number of thioether (sulfide) groups is 1. The van der Waals surface area contributed by atoms with Crippen molar-refractivity contribution in [3.8, 4) is 0 Å². The molecule has 18 heavy (non-hydrogen) atoms. The van der Waals surface area contributed by atoms with Gasteiger partial charge in [0.05, 0.1) is 0 Å². The highest BCUT2D eigenvalue weighted by Gasteiger charge is 2.17. The van der Waals surface area contributed by atoms with Crippen molar-refractivity contribution in [3.63, 3.8) is 0 Å². The van der Waals surface area contributed by atoms with Crippen LogP contribution in [0.5, 0.6) is 0 Å². The Labute approximate surface area is 111 Å². The topological polar surface area (TPSA) is 37.3 Å². The van der Waals surface area contributed by atoms with Crippen molar-refractivity contribution < 1.29 is 9.90 Å². The summed E-state index contributed by atoms with van der Waals surface area (Å²) < 4.78 is 0. The first-order chi connectivity index (χ1) is 8.70. The van der Waals surface area contributed by atoms with E-state index in [0.717, 1.165) is 16.7 Å². The van der Waals surface area contributed by atoms with E-state index in [4.69, 9.17) is 5.11 Å². The Morgan fingerprint density at radius 3 is 2.61 bits per heavy atom. The second-order valence-corrected chi connectivity index (χ2v) is 5.52. The molecule has 0 heterocycles. The van der Waals surface area contributed by atoms with Gasteiger partial charge in [-0.15, -0.1) is 11.8 Å². The molecule has 1 N–H and O–H groups in total. The molecule has 2 aromatic carbocycles. The van der Waals surface area contributed by atoms with E-state index < -0.39 is 5.97 Å². The van der Waals surface area contributed by atoms with E-state index in [2.05, 4.69) is 18.2 Å². The van der Waals surface area contributed by atoms with Crippen molar-refractivity contribution in [2.75, 3.05) is 0 Å². The third kappa shape index (κ3) is 3.05. The van der Waals surface area contributed by atoms with E-state index in [0.29, 0.717) is 6.42 Å². The molecule has 0 aromatic heterocycles. The Morgan fingerprint density at radius 2 is 1.94 bits per heavy atom. The molecule has 0 bridgehead atoms. The van der Waals surface area contributed by atoms with E-state index in [1.54, 1.807) is 0 Å². The van der Waals surface area contributed by atoms with Crippen LogP contribution in [0.2, 0.25) is 0 Å². The van der Waals surface area contributed by atoms with Crippen LogP contribution in [-0.2, 0) is 4.79 Å². The van der Waals surface area contributed by atoms with Gasteiger partial charge in [-0.05, 0) is 29.3 Å². The largest absolute Gasteiger partial charge is 0.480 e. The molecular weight excluding hydrogens is 244 g/mol. The van der Waals surface area contributed by atoms with Crippen molar-refractivity contribution in [3.05, 3.63) is 42.5 Å². The summed E-state index contributed by atoms with van der Waals surface area (Å²) in [6, 6.07) is 14.2. The van der Waals surface area contributed by atoms with Gasteiger partial charge in [-0.1, -0.05) is 43.7 Å². The van der Waals surface area contributed by atoms with Crippen LogP contribution in [0.3, 0.4) is 0 Å². The summed E-state index contributed by atoms with van der Waals surface area (Å²) >= 11 is 1.44. The molecule has 0 saturated heterocycles. The number of rotatable bonds is 5. The number of fused-ring (bicyclic) bond motifs is 1. The highest BCUT2D eigenvalue weighted by molar-refractivity contribution is 8.00. The number of aliphatic carboxylic acids is 1. The van der Waals surface area contributed by atoms with Gasteiger partial charge in [0.25, 0.3) is 0 Å². The first-order valence-electron chi connectivity index (χ1n) is 6.09. The quantitative estimate of drug-likeness (QED) is 0.819. The normalized spacial score (nSPS) is 12.5. The van der Waals surface area contributed by atoms with Crippen molar-refractivity contribution >= 4 is 28.5 Å². The lowest BCUT2D eigenvalue weighted by atomic mass is 10.1. The molecule has 0 aliphatic carbocycles. The highest BCUT2D eigenvalue weighted by atomic mass is 32.2. The Balaban J connectivity index is 2.22. The van der Waals surface area contributed by atoms with Crippen LogP contribution in [0.15, 0.2) is 47.4 Å². The average Bonchev–Trinajstić information content (AvgIpc) is 2.38. The third-order valence-corrected chi connectivity index (χ3v) is 4.07. The van der Waals surface area contributed by atoms with Crippen LogP contribution in [0.25, 0.3) is 10.8 Å². The molecule has 1 atom stereocenters. The molecule has 2 aromatic rings. The lowest BCUT2D eigenvalue weighted by Gasteiger charge is -2.11. The van der Waals surface area contributed by atoms with Crippen LogP contribution in [-0.4, -0.2) is 16.3 Å². The highest BCUT2D eigenvalue weighted by Crippen LogP contribution is 2.29. The molecule has 3 heteroatoms. The summed E-state index contributed by atoms with van der Waals surface area (Å²) in [5.74, 6) is -0.727. The van der Waals surface area contributed by atoms with Gasteiger partial charge in [0.1, 0.15) is 5.25 Å². The molecule has 0 saturated carbocycles. The number of hydrogen-bond acceptors (Lipinski definition) is 2. The van der Waals surface area contributed by atoms with E-state index in [1.807, 2.05) is 31.2 Å². The lowest BCUT2D eigenvalue weighted by molar-refractivity contribution is -0.136. The van der Waals surface area contributed by atoms with Crippen LogP contribution in [0, 0.1) is 0 Å². The molecule has 0 aliphatic rings. The predicted molar refractivity (Wildman–Crippen MR) is 76.1 cm³/mol. The van der Waals surface area contributed by atoms with Crippen LogP contribution >= 0.6 is 11.8 Å². The molecule has 0 amide bonds. The van der Waals surface area contributed by atoms with Gasteiger partial charge in [0, 0.05) is 4.90 Å². The maximum Gasteiger partial charge on any atom is 0.316 e.